The highest BCUT2D eigenvalue weighted by molar-refractivity contribution is 9.10. The van der Waals surface area contributed by atoms with E-state index in [0.29, 0.717) is 16.9 Å². The second kappa shape index (κ2) is 10.2. The van der Waals surface area contributed by atoms with E-state index in [-0.39, 0.29) is 17.4 Å². The molecule has 7 nitrogen and oxygen atoms in total. The van der Waals surface area contributed by atoms with Crippen molar-refractivity contribution < 1.29 is 14.3 Å². The zero-order chi connectivity index (χ0) is 24.4. The summed E-state index contributed by atoms with van der Waals surface area (Å²) < 4.78 is 13.9. The maximum atomic E-state index is 13.0. The quantitative estimate of drug-likeness (QED) is 0.180. The highest BCUT2D eigenvalue weighted by Gasteiger charge is 2.22. The van der Waals surface area contributed by atoms with Gasteiger partial charge in [-0.3, -0.25) is 0 Å². The summed E-state index contributed by atoms with van der Waals surface area (Å²) in [6, 6.07) is 12.7. The number of thiazole rings is 1. The lowest BCUT2D eigenvalue weighted by atomic mass is 9.95. The number of nitrogens with zero attached hydrogens (tertiary/aromatic N) is 3. The molecule has 4 aromatic rings. The minimum Gasteiger partial charge on any atom is -0.504 e. The van der Waals surface area contributed by atoms with E-state index in [9.17, 15) is 9.90 Å². The molecule has 1 fully saturated rings. The first-order valence-electron chi connectivity index (χ1n) is 11.4. The van der Waals surface area contributed by atoms with Crippen LogP contribution in [0.1, 0.15) is 43.7 Å². The fourth-order valence-electron chi connectivity index (χ4n) is 4.47. The van der Waals surface area contributed by atoms with Crippen molar-refractivity contribution in [3.63, 3.8) is 0 Å². The Kier molecular flexibility index (Phi) is 6.88. The highest BCUT2D eigenvalue weighted by Crippen LogP contribution is 2.32. The monoisotopic (exact) mass is 553 g/mol. The molecule has 1 aliphatic carbocycles. The lowest BCUT2D eigenvalue weighted by molar-refractivity contribution is 0.350. The zero-order valence-corrected chi connectivity index (χ0v) is 21.5. The van der Waals surface area contributed by atoms with Gasteiger partial charge in [-0.25, -0.2) is 4.79 Å². The number of phenols is 1. The predicted molar refractivity (Wildman–Crippen MR) is 141 cm³/mol. The van der Waals surface area contributed by atoms with Crippen LogP contribution in [0, 0.1) is 0 Å². The Morgan fingerprint density at radius 3 is 2.80 bits per heavy atom. The Morgan fingerprint density at radius 2 is 2.00 bits per heavy atom. The summed E-state index contributed by atoms with van der Waals surface area (Å²) in [5.41, 5.74) is 2.27. The zero-order valence-electron chi connectivity index (χ0n) is 19.1. The van der Waals surface area contributed by atoms with E-state index in [2.05, 4.69) is 30.7 Å². The molecule has 180 valence electrons. The average molecular weight is 554 g/mol. The minimum atomic E-state index is -0.367. The summed E-state index contributed by atoms with van der Waals surface area (Å²) in [5.74, 6) is 0.445. The molecule has 0 atom stereocenters. The van der Waals surface area contributed by atoms with Crippen molar-refractivity contribution in [2.45, 2.75) is 38.1 Å². The molecular formula is C26H24BrN3O4S. The fourth-order valence-corrected chi connectivity index (χ4v) is 5.77. The van der Waals surface area contributed by atoms with Crippen LogP contribution in [0.2, 0.25) is 0 Å². The number of hydrogen-bond donors (Lipinski definition) is 1. The number of benzene rings is 2. The van der Waals surface area contributed by atoms with Crippen molar-refractivity contribution in [3.05, 3.63) is 73.1 Å². The summed E-state index contributed by atoms with van der Waals surface area (Å²) >= 11 is 4.95. The largest absolute Gasteiger partial charge is 0.504 e. The van der Waals surface area contributed by atoms with Gasteiger partial charge in [0.05, 0.1) is 24.6 Å². The summed E-state index contributed by atoms with van der Waals surface area (Å²) in [4.78, 5) is 13.7. The Morgan fingerprint density at radius 1 is 1.17 bits per heavy atom. The lowest BCUT2D eigenvalue weighted by Gasteiger charge is -2.25. The van der Waals surface area contributed by atoms with Gasteiger partial charge in [-0.15, -0.1) is 16.4 Å². The van der Waals surface area contributed by atoms with Crippen LogP contribution in [-0.4, -0.2) is 23.0 Å². The second-order valence-electron chi connectivity index (χ2n) is 8.47. The molecule has 0 unspecified atom stereocenters. The molecule has 0 radical (unpaired) electrons. The first kappa shape index (κ1) is 23.6. The summed E-state index contributed by atoms with van der Waals surface area (Å²) in [6.45, 7) is 0. The first-order chi connectivity index (χ1) is 17.0. The van der Waals surface area contributed by atoms with Crippen LogP contribution in [0.5, 0.6) is 11.5 Å². The Balaban J connectivity index is 1.60. The van der Waals surface area contributed by atoms with E-state index in [1.807, 2.05) is 23.6 Å². The molecule has 2 aromatic heterocycles. The van der Waals surface area contributed by atoms with Crippen molar-refractivity contribution in [3.8, 4) is 22.8 Å². The summed E-state index contributed by atoms with van der Waals surface area (Å²) in [6.07, 6.45) is 7.18. The van der Waals surface area contributed by atoms with Crippen LogP contribution in [-0.2, 0) is 0 Å². The first-order valence-corrected chi connectivity index (χ1v) is 13.1. The molecule has 2 aromatic carbocycles. The number of fused-ring (bicyclic) bond motifs is 1. The van der Waals surface area contributed by atoms with Crippen molar-refractivity contribution in [1.82, 2.24) is 4.57 Å². The van der Waals surface area contributed by atoms with Crippen LogP contribution in [0.15, 0.2) is 71.7 Å². The van der Waals surface area contributed by atoms with Gasteiger partial charge in [-0.05, 0) is 60.9 Å². The SMILES string of the molecule is COc1cc(/C=N/N=c2\scc(-c3cc4cc(Br)ccc4oc3=O)n2C2CCCCC2)ccc1O. The van der Waals surface area contributed by atoms with Gasteiger partial charge < -0.3 is 18.8 Å². The van der Waals surface area contributed by atoms with Crippen LogP contribution < -0.4 is 15.2 Å². The number of aromatic hydroxyl groups is 1. The van der Waals surface area contributed by atoms with Crippen LogP contribution in [0.3, 0.4) is 0 Å². The van der Waals surface area contributed by atoms with Crippen LogP contribution in [0.4, 0.5) is 0 Å². The number of phenolic OH excluding ortho intramolecular Hbond substituents is 1. The molecule has 0 saturated heterocycles. The second-order valence-corrected chi connectivity index (χ2v) is 10.2. The molecule has 0 spiro atoms. The Labute approximate surface area is 214 Å². The molecule has 0 aliphatic heterocycles. The van der Waals surface area contributed by atoms with Crippen molar-refractivity contribution in [1.29, 1.82) is 0 Å². The molecule has 0 amide bonds. The third kappa shape index (κ3) is 4.97. The summed E-state index contributed by atoms with van der Waals surface area (Å²) in [5, 5.41) is 21.4. The Bertz CT molecular complexity index is 1530. The highest BCUT2D eigenvalue weighted by atomic mass is 79.9. The van der Waals surface area contributed by atoms with Gasteiger partial charge in [0.25, 0.3) is 0 Å². The third-order valence-corrected chi connectivity index (χ3v) is 7.53. The molecule has 1 saturated carbocycles. The minimum absolute atomic E-state index is 0.0703. The number of halogens is 1. The fraction of sp³-hybridized carbons (Fsp3) is 0.269. The molecular weight excluding hydrogens is 530 g/mol. The molecule has 0 bridgehead atoms. The predicted octanol–water partition coefficient (Wildman–Crippen LogP) is 6.24. The van der Waals surface area contributed by atoms with Crippen LogP contribution in [0.25, 0.3) is 22.2 Å². The van der Waals surface area contributed by atoms with E-state index < -0.39 is 0 Å². The van der Waals surface area contributed by atoms with Gasteiger partial charge in [0.1, 0.15) is 5.58 Å². The van der Waals surface area contributed by atoms with E-state index in [0.717, 1.165) is 51.6 Å². The molecule has 1 N–H and O–H groups in total. The van der Waals surface area contributed by atoms with Crippen LogP contribution >= 0.6 is 27.3 Å². The van der Waals surface area contributed by atoms with Gasteiger partial charge in [0, 0.05) is 21.3 Å². The maximum Gasteiger partial charge on any atom is 0.345 e. The lowest BCUT2D eigenvalue weighted by Crippen LogP contribution is -2.24. The third-order valence-electron chi connectivity index (χ3n) is 6.21. The van der Waals surface area contributed by atoms with Gasteiger partial charge in [-0.1, -0.05) is 35.2 Å². The molecule has 9 heteroatoms. The van der Waals surface area contributed by atoms with E-state index in [4.69, 9.17) is 9.15 Å². The molecule has 5 rings (SSSR count). The van der Waals surface area contributed by atoms with Crippen molar-refractivity contribution >= 4 is 44.5 Å². The average Bonchev–Trinajstić information content (AvgIpc) is 3.29. The van der Waals surface area contributed by atoms with Gasteiger partial charge in [0.2, 0.25) is 4.80 Å². The number of ether oxygens (including phenoxy) is 1. The molecule has 1 aliphatic rings. The molecule has 2 heterocycles. The van der Waals surface area contributed by atoms with Gasteiger partial charge >= 0.3 is 5.63 Å². The topological polar surface area (TPSA) is 89.3 Å². The summed E-state index contributed by atoms with van der Waals surface area (Å²) in [7, 11) is 1.50. The molecule has 35 heavy (non-hydrogen) atoms. The Hall–Kier alpha value is -3.17. The van der Waals surface area contributed by atoms with E-state index >= 15 is 0 Å². The van der Waals surface area contributed by atoms with Gasteiger partial charge in [0.15, 0.2) is 11.5 Å². The standard InChI is InChI=1S/C26H24BrN3O4S/c1-33-24-11-16(7-9-22(24)31)14-28-29-26-30(19-5-3-2-4-6-19)21(15-35-26)20-13-17-12-18(27)8-10-23(17)34-25(20)32/h7-15,19,31H,2-6H2,1H3/b28-14+,29-26-. The normalized spacial score (nSPS) is 15.3. The number of aromatic nitrogens is 1. The van der Waals surface area contributed by atoms with E-state index in [1.54, 1.807) is 30.5 Å². The van der Waals surface area contributed by atoms with E-state index in [1.165, 1.54) is 24.9 Å². The van der Waals surface area contributed by atoms with Crippen molar-refractivity contribution in [2.24, 2.45) is 10.2 Å². The van der Waals surface area contributed by atoms with Crippen molar-refractivity contribution in [2.75, 3.05) is 7.11 Å². The van der Waals surface area contributed by atoms with Gasteiger partial charge in [-0.2, -0.15) is 5.10 Å². The number of hydrogen-bond acceptors (Lipinski definition) is 7. The maximum absolute atomic E-state index is 13.0. The smallest absolute Gasteiger partial charge is 0.345 e. The number of methoxy groups -OCH3 is 1. The number of rotatable bonds is 5.